The van der Waals surface area contributed by atoms with Crippen molar-refractivity contribution in [2.75, 3.05) is 0 Å². The van der Waals surface area contributed by atoms with Crippen molar-refractivity contribution in [2.45, 2.75) is 31.9 Å². The van der Waals surface area contributed by atoms with Crippen LogP contribution in [0.2, 0.25) is 0 Å². The molecule has 0 saturated heterocycles. The summed E-state index contributed by atoms with van der Waals surface area (Å²) in [6.45, 7) is 2.14. The normalized spacial score (nSPS) is 14.6. The zero-order valence-corrected chi connectivity index (χ0v) is 7.15. The monoisotopic (exact) mass is 118 g/mol. The van der Waals surface area contributed by atoms with Gasteiger partial charge in [-0.15, -0.1) is 0 Å². The molecule has 0 amide bonds. The summed E-state index contributed by atoms with van der Waals surface area (Å²) >= 11 is 0. The fourth-order valence-electron chi connectivity index (χ4n) is 0.500. The van der Waals surface area contributed by atoms with Crippen molar-refractivity contribution in [3.63, 3.8) is 0 Å². The van der Waals surface area contributed by atoms with E-state index in [1.54, 1.807) is 0 Å². The molecule has 2 heteroatoms. The van der Waals surface area contributed by atoms with E-state index in [2.05, 4.69) is 6.92 Å². The molecule has 0 bridgehead atoms. The smallest absolute Gasteiger partial charge is 0.0389 e. The molecule has 0 radical (unpaired) electrons. The lowest BCUT2D eigenvalue weighted by Gasteiger charge is -1.98. The Bertz CT molecular complexity index is 37.1. The lowest BCUT2D eigenvalue weighted by molar-refractivity contribution is 0.241. The van der Waals surface area contributed by atoms with Gasteiger partial charge in [0.1, 0.15) is 0 Å². The standard InChI is InChI=1S/C5H14OSi/c1-2-3-4-5(6)7/h5-6H,2-4H2,1,7H3. The summed E-state index contributed by atoms with van der Waals surface area (Å²) in [5.74, 6) is 0. The molecule has 0 aliphatic rings. The molecule has 1 N–H and O–H groups in total. The second-order valence-electron chi connectivity index (χ2n) is 1.99. The van der Waals surface area contributed by atoms with Crippen LogP contribution in [-0.2, 0) is 0 Å². The van der Waals surface area contributed by atoms with Crippen LogP contribution in [0.4, 0.5) is 0 Å². The van der Waals surface area contributed by atoms with Crippen molar-refractivity contribution < 1.29 is 5.11 Å². The average molecular weight is 118 g/mol. The van der Waals surface area contributed by atoms with Crippen molar-refractivity contribution in [3.8, 4) is 0 Å². The summed E-state index contributed by atoms with van der Waals surface area (Å²) in [4.78, 5) is 0. The maximum atomic E-state index is 8.75. The van der Waals surface area contributed by atoms with Crippen LogP contribution < -0.4 is 0 Å². The van der Waals surface area contributed by atoms with Crippen molar-refractivity contribution in [3.05, 3.63) is 0 Å². The number of rotatable bonds is 3. The van der Waals surface area contributed by atoms with Gasteiger partial charge in [-0.2, -0.15) is 0 Å². The summed E-state index contributed by atoms with van der Waals surface area (Å²) < 4.78 is 0. The molecule has 7 heavy (non-hydrogen) atoms. The summed E-state index contributed by atoms with van der Waals surface area (Å²) in [5.41, 5.74) is 0.0416. The number of hydrogen-bond donors (Lipinski definition) is 1. The van der Waals surface area contributed by atoms with Gasteiger partial charge in [0.2, 0.25) is 0 Å². The van der Waals surface area contributed by atoms with E-state index in [0.29, 0.717) is 0 Å². The van der Waals surface area contributed by atoms with Gasteiger partial charge >= 0.3 is 0 Å². The summed E-state index contributed by atoms with van der Waals surface area (Å²) in [6, 6.07) is 0. The molecule has 0 aliphatic carbocycles. The highest BCUT2D eigenvalue weighted by Crippen LogP contribution is 1.94. The Morgan fingerprint density at radius 2 is 2.29 bits per heavy atom. The van der Waals surface area contributed by atoms with Gasteiger partial charge in [0, 0.05) is 16.0 Å². The van der Waals surface area contributed by atoms with E-state index in [4.69, 9.17) is 5.11 Å². The zero-order valence-electron chi connectivity index (χ0n) is 5.15. The highest BCUT2D eigenvalue weighted by Gasteiger charge is 1.90. The number of aliphatic hydroxyl groups is 1. The summed E-state index contributed by atoms with van der Waals surface area (Å²) in [6.07, 6.45) is 3.41. The van der Waals surface area contributed by atoms with E-state index in [1.807, 2.05) is 0 Å². The summed E-state index contributed by atoms with van der Waals surface area (Å²) in [5, 5.41) is 8.75. The lowest BCUT2D eigenvalue weighted by Crippen LogP contribution is -2.03. The Hall–Kier alpha value is 0.177. The fraction of sp³-hybridized carbons (Fsp3) is 1.00. The molecule has 0 aromatic heterocycles. The van der Waals surface area contributed by atoms with Gasteiger partial charge in [-0.1, -0.05) is 19.8 Å². The Morgan fingerprint density at radius 1 is 1.71 bits per heavy atom. The van der Waals surface area contributed by atoms with E-state index in [0.717, 1.165) is 16.7 Å². The van der Waals surface area contributed by atoms with E-state index >= 15 is 0 Å². The average Bonchev–Trinajstić information content (AvgIpc) is 1.61. The van der Waals surface area contributed by atoms with E-state index in [-0.39, 0.29) is 5.73 Å². The van der Waals surface area contributed by atoms with Gasteiger partial charge in [0.15, 0.2) is 0 Å². The second kappa shape index (κ2) is 4.34. The molecular weight excluding hydrogens is 104 g/mol. The van der Waals surface area contributed by atoms with Crippen LogP contribution in [0.3, 0.4) is 0 Å². The van der Waals surface area contributed by atoms with Crippen LogP contribution in [0.15, 0.2) is 0 Å². The maximum absolute atomic E-state index is 8.75. The predicted octanol–water partition coefficient (Wildman–Crippen LogP) is -0.140. The van der Waals surface area contributed by atoms with Crippen LogP contribution in [-0.4, -0.2) is 21.1 Å². The van der Waals surface area contributed by atoms with Crippen LogP contribution in [0, 0.1) is 0 Å². The first kappa shape index (κ1) is 7.18. The first-order valence-electron chi connectivity index (χ1n) is 2.95. The minimum atomic E-state index is 0.0416. The predicted molar refractivity (Wildman–Crippen MR) is 35.5 cm³/mol. The van der Waals surface area contributed by atoms with E-state index < -0.39 is 0 Å². The molecule has 0 aliphatic heterocycles. The van der Waals surface area contributed by atoms with Crippen molar-refractivity contribution in [1.82, 2.24) is 0 Å². The Balaban J connectivity index is 2.68. The molecular formula is C5H14OSi. The third-order valence-corrected chi connectivity index (χ3v) is 1.55. The number of aliphatic hydroxyl groups excluding tert-OH is 1. The topological polar surface area (TPSA) is 20.2 Å². The van der Waals surface area contributed by atoms with Crippen LogP contribution >= 0.6 is 0 Å². The molecule has 1 atom stereocenters. The Kier molecular flexibility index (Phi) is 4.45. The number of hydrogen-bond acceptors (Lipinski definition) is 1. The first-order chi connectivity index (χ1) is 3.27. The van der Waals surface area contributed by atoms with Gasteiger partial charge in [0.25, 0.3) is 0 Å². The minimum absolute atomic E-state index is 0.0416. The molecule has 0 saturated carbocycles. The Labute approximate surface area is 48.2 Å². The summed E-state index contributed by atoms with van der Waals surface area (Å²) in [7, 11) is 0.939. The van der Waals surface area contributed by atoms with Crippen molar-refractivity contribution in [2.24, 2.45) is 0 Å². The number of unbranched alkanes of at least 4 members (excludes halogenated alkanes) is 1. The molecule has 0 heterocycles. The molecule has 0 aromatic carbocycles. The van der Waals surface area contributed by atoms with Crippen molar-refractivity contribution in [1.29, 1.82) is 0 Å². The zero-order chi connectivity index (χ0) is 5.70. The van der Waals surface area contributed by atoms with Gasteiger partial charge in [-0.25, -0.2) is 0 Å². The van der Waals surface area contributed by atoms with Gasteiger partial charge in [0.05, 0.1) is 0 Å². The first-order valence-corrected chi connectivity index (χ1v) is 4.11. The van der Waals surface area contributed by atoms with E-state index in [1.165, 1.54) is 12.8 Å². The van der Waals surface area contributed by atoms with Crippen LogP contribution in [0.5, 0.6) is 0 Å². The van der Waals surface area contributed by atoms with Crippen LogP contribution in [0.1, 0.15) is 26.2 Å². The fourth-order valence-corrected chi connectivity index (χ4v) is 0.908. The molecule has 44 valence electrons. The SMILES string of the molecule is CCCCC(O)[SiH3]. The van der Waals surface area contributed by atoms with Gasteiger partial charge in [-0.3, -0.25) is 0 Å². The lowest BCUT2D eigenvalue weighted by atomic mass is 10.3. The maximum Gasteiger partial charge on any atom is 0.0389 e. The highest BCUT2D eigenvalue weighted by molar-refractivity contribution is 6.10. The highest BCUT2D eigenvalue weighted by atomic mass is 28.1. The molecule has 0 aromatic rings. The van der Waals surface area contributed by atoms with Gasteiger partial charge < -0.3 is 5.11 Å². The molecule has 1 nitrogen and oxygen atoms in total. The third kappa shape index (κ3) is 6.18. The third-order valence-electron chi connectivity index (χ3n) is 0.975. The minimum Gasteiger partial charge on any atom is -0.398 e. The molecule has 0 spiro atoms. The van der Waals surface area contributed by atoms with Crippen molar-refractivity contribution >= 4 is 10.2 Å². The van der Waals surface area contributed by atoms with Gasteiger partial charge in [-0.05, 0) is 6.42 Å². The Morgan fingerprint density at radius 3 is 2.43 bits per heavy atom. The molecule has 1 unspecified atom stereocenters. The molecule has 0 fully saturated rings. The second-order valence-corrected chi connectivity index (χ2v) is 3.32. The molecule has 0 rings (SSSR count). The van der Waals surface area contributed by atoms with Crippen LogP contribution in [0.25, 0.3) is 0 Å². The quantitative estimate of drug-likeness (QED) is 0.511. The largest absolute Gasteiger partial charge is 0.398 e. The van der Waals surface area contributed by atoms with E-state index in [9.17, 15) is 0 Å².